The van der Waals surface area contributed by atoms with Crippen molar-refractivity contribution in [3.05, 3.63) is 21.9 Å². The maximum absolute atomic E-state index is 12.0. The third kappa shape index (κ3) is 3.51. The maximum Gasteiger partial charge on any atom is 0.214 e. The molecule has 0 unspecified atom stereocenters. The molecule has 1 fully saturated rings. The highest BCUT2D eigenvalue weighted by atomic mass is 32.2. The third-order valence-corrected chi connectivity index (χ3v) is 5.87. The van der Waals surface area contributed by atoms with E-state index in [0.717, 1.165) is 18.0 Å². The molecule has 1 saturated heterocycles. The van der Waals surface area contributed by atoms with Crippen LogP contribution >= 0.6 is 11.3 Å². The molecule has 1 aliphatic heterocycles. The molecule has 1 aliphatic rings. The number of thiophene rings is 1. The van der Waals surface area contributed by atoms with E-state index in [1.165, 1.54) is 4.88 Å². The smallest absolute Gasteiger partial charge is 0.214 e. The Labute approximate surface area is 106 Å². The molecule has 1 aromatic rings. The predicted octanol–water partition coefficient (Wildman–Crippen LogP) is 1.23. The molecule has 2 N–H and O–H groups in total. The van der Waals surface area contributed by atoms with Crippen molar-refractivity contribution in [1.82, 2.24) is 10.0 Å². The van der Waals surface area contributed by atoms with Crippen molar-refractivity contribution in [3.8, 4) is 0 Å². The van der Waals surface area contributed by atoms with E-state index in [1.807, 2.05) is 19.1 Å². The van der Waals surface area contributed by atoms with Gasteiger partial charge in [0.05, 0.1) is 5.25 Å². The summed E-state index contributed by atoms with van der Waals surface area (Å²) in [6.07, 6.45) is 1.41. The normalized spacial score (nSPS) is 18.4. The molecule has 6 heteroatoms. The highest BCUT2D eigenvalue weighted by Gasteiger charge is 2.26. The maximum atomic E-state index is 12.0. The largest absolute Gasteiger partial charge is 0.317 e. The summed E-state index contributed by atoms with van der Waals surface area (Å²) in [5, 5.41) is 2.94. The van der Waals surface area contributed by atoms with Gasteiger partial charge in [0.25, 0.3) is 0 Å². The molecule has 0 amide bonds. The lowest BCUT2D eigenvalue weighted by molar-refractivity contribution is 0.489. The molecule has 0 aliphatic carbocycles. The standard InChI is InChI=1S/C11H18N2O2S2/c1-9-2-3-10(16-9)8-13-17(14,15)11-4-6-12-7-5-11/h2-3,11-13H,4-8H2,1H3. The Balaban J connectivity index is 1.92. The van der Waals surface area contributed by atoms with Gasteiger partial charge in [0.15, 0.2) is 0 Å². The molecule has 2 heterocycles. The summed E-state index contributed by atoms with van der Waals surface area (Å²) in [5.74, 6) is 0. The van der Waals surface area contributed by atoms with Crippen molar-refractivity contribution in [2.75, 3.05) is 13.1 Å². The van der Waals surface area contributed by atoms with Crippen molar-refractivity contribution in [2.24, 2.45) is 0 Å². The average molecular weight is 274 g/mol. The quantitative estimate of drug-likeness (QED) is 0.868. The second-order valence-electron chi connectivity index (χ2n) is 4.33. The van der Waals surface area contributed by atoms with Crippen molar-refractivity contribution in [1.29, 1.82) is 0 Å². The molecule has 4 nitrogen and oxygen atoms in total. The molecular weight excluding hydrogens is 256 g/mol. The van der Waals surface area contributed by atoms with Crippen LogP contribution in [0.4, 0.5) is 0 Å². The van der Waals surface area contributed by atoms with Gasteiger partial charge >= 0.3 is 0 Å². The Kier molecular flexibility index (Phi) is 4.19. The number of rotatable bonds is 4. The van der Waals surface area contributed by atoms with E-state index >= 15 is 0 Å². The number of sulfonamides is 1. The zero-order chi connectivity index (χ0) is 12.3. The molecule has 0 spiro atoms. The number of hydrogen-bond donors (Lipinski definition) is 2. The van der Waals surface area contributed by atoms with Crippen molar-refractivity contribution >= 4 is 21.4 Å². The van der Waals surface area contributed by atoms with Crippen LogP contribution in [0.1, 0.15) is 22.6 Å². The molecular formula is C11H18N2O2S2. The van der Waals surface area contributed by atoms with Crippen LogP contribution < -0.4 is 10.0 Å². The van der Waals surface area contributed by atoms with E-state index < -0.39 is 10.0 Å². The van der Waals surface area contributed by atoms with Crippen LogP contribution in [0.15, 0.2) is 12.1 Å². The van der Waals surface area contributed by atoms with E-state index in [9.17, 15) is 8.42 Å². The summed E-state index contributed by atoms with van der Waals surface area (Å²) < 4.78 is 26.8. The van der Waals surface area contributed by atoms with Crippen LogP contribution in [0.3, 0.4) is 0 Å². The first kappa shape index (κ1) is 13.0. The second-order valence-corrected chi connectivity index (χ2v) is 7.75. The summed E-state index contributed by atoms with van der Waals surface area (Å²) in [7, 11) is -3.16. The van der Waals surface area contributed by atoms with E-state index in [0.29, 0.717) is 19.4 Å². The van der Waals surface area contributed by atoms with Crippen LogP contribution in [0.2, 0.25) is 0 Å². The Morgan fingerprint density at radius 1 is 1.41 bits per heavy atom. The Morgan fingerprint density at radius 3 is 2.71 bits per heavy atom. The van der Waals surface area contributed by atoms with Gasteiger partial charge in [-0.3, -0.25) is 0 Å². The summed E-state index contributed by atoms with van der Waals surface area (Å²) in [4.78, 5) is 2.28. The lowest BCUT2D eigenvalue weighted by Crippen LogP contribution is -2.41. The van der Waals surface area contributed by atoms with Gasteiger partial charge in [0.2, 0.25) is 10.0 Å². The minimum Gasteiger partial charge on any atom is -0.317 e. The van der Waals surface area contributed by atoms with Gasteiger partial charge in [-0.05, 0) is 45.0 Å². The van der Waals surface area contributed by atoms with Gasteiger partial charge in [-0.25, -0.2) is 13.1 Å². The Morgan fingerprint density at radius 2 is 2.12 bits per heavy atom. The van der Waals surface area contributed by atoms with Gasteiger partial charge in [-0.2, -0.15) is 0 Å². The molecule has 17 heavy (non-hydrogen) atoms. The Hall–Kier alpha value is -0.430. The molecule has 0 radical (unpaired) electrons. The SMILES string of the molecule is Cc1ccc(CNS(=O)(=O)C2CCNCC2)s1. The minimum absolute atomic E-state index is 0.232. The highest BCUT2D eigenvalue weighted by molar-refractivity contribution is 7.90. The zero-order valence-electron chi connectivity index (χ0n) is 9.90. The van der Waals surface area contributed by atoms with E-state index in [1.54, 1.807) is 11.3 Å². The molecule has 0 saturated carbocycles. The summed E-state index contributed by atoms with van der Waals surface area (Å²) in [6.45, 7) is 4.04. The monoisotopic (exact) mass is 274 g/mol. The fourth-order valence-electron chi connectivity index (χ4n) is 1.98. The number of nitrogens with one attached hydrogen (secondary N) is 2. The topological polar surface area (TPSA) is 58.2 Å². The summed E-state index contributed by atoms with van der Waals surface area (Å²) >= 11 is 1.64. The molecule has 96 valence electrons. The van der Waals surface area contributed by atoms with Crippen LogP contribution in [-0.4, -0.2) is 26.8 Å². The predicted molar refractivity (Wildman–Crippen MR) is 70.7 cm³/mol. The van der Waals surface area contributed by atoms with Gasteiger partial charge < -0.3 is 5.32 Å². The van der Waals surface area contributed by atoms with E-state index in [-0.39, 0.29) is 5.25 Å². The lowest BCUT2D eigenvalue weighted by atomic mass is 10.2. The van der Waals surface area contributed by atoms with Gasteiger partial charge in [-0.15, -0.1) is 11.3 Å². The van der Waals surface area contributed by atoms with Crippen LogP contribution in [0, 0.1) is 6.92 Å². The summed E-state index contributed by atoms with van der Waals surface area (Å²) in [5.41, 5.74) is 0. The highest BCUT2D eigenvalue weighted by Crippen LogP contribution is 2.17. The fraction of sp³-hybridized carbons (Fsp3) is 0.636. The van der Waals surface area contributed by atoms with Crippen LogP contribution in [0.5, 0.6) is 0 Å². The number of aryl methyl sites for hydroxylation is 1. The molecule has 0 bridgehead atoms. The second kappa shape index (κ2) is 5.48. The number of hydrogen-bond acceptors (Lipinski definition) is 4. The molecule has 0 aromatic carbocycles. The van der Waals surface area contributed by atoms with Crippen LogP contribution in [0.25, 0.3) is 0 Å². The van der Waals surface area contributed by atoms with Gasteiger partial charge in [-0.1, -0.05) is 0 Å². The van der Waals surface area contributed by atoms with Crippen molar-refractivity contribution in [3.63, 3.8) is 0 Å². The number of piperidine rings is 1. The van der Waals surface area contributed by atoms with Gasteiger partial charge in [0.1, 0.15) is 0 Å². The first-order valence-electron chi connectivity index (χ1n) is 5.82. The third-order valence-electron chi connectivity index (χ3n) is 2.97. The summed E-state index contributed by atoms with van der Waals surface area (Å²) in [6, 6.07) is 3.99. The minimum atomic E-state index is -3.16. The van der Waals surface area contributed by atoms with Crippen LogP contribution in [-0.2, 0) is 16.6 Å². The first-order chi connectivity index (χ1) is 8.08. The average Bonchev–Trinajstić information content (AvgIpc) is 2.74. The van der Waals surface area contributed by atoms with Gasteiger partial charge in [0, 0.05) is 16.3 Å². The van der Waals surface area contributed by atoms with E-state index in [4.69, 9.17) is 0 Å². The fourth-order valence-corrected chi connectivity index (χ4v) is 4.35. The lowest BCUT2D eigenvalue weighted by Gasteiger charge is -2.22. The zero-order valence-corrected chi connectivity index (χ0v) is 11.5. The molecule has 2 rings (SSSR count). The first-order valence-corrected chi connectivity index (χ1v) is 8.19. The van der Waals surface area contributed by atoms with E-state index in [2.05, 4.69) is 10.0 Å². The van der Waals surface area contributed by atoms with Crippen molar-refractivity contribution < 1.29 is 8.42 Å². The molecule has 1 aromatic heterocycles. The molecule has 0 atom stereocenters. The van der Waals surface area contributed by atoms with Crippen molar-refractivity contribution in [2.45, 2.75) is 31.6 Å². The Bertz CT molecular complexity index is 462.